The van der Waals surface area contributed by atoms with Gasteiger partial charge in [0.15, 0.2) is 0 Å². The monoisotopic (exact) mass is 320 g/mol. The van der Waals surface area contributed by atoms with Gasteiger partial charge in [0.2, 0.25) is 0 Å². The van der Waals surface area contributed by atoms with Gasteiger partial charge >= 0.3 is 0 Å². The molecule has 0 amide bonds. The molecule has 1 heterocycles. The van der Waals surface area contributed by atoms with E-state index in [0.29, 0.717) is 0 Å². The van der Waals surface area contributed by atoms with E-state index in [1.54, 1.807) is 5.30 Å². The first-order valence-corrected chi connectivity index (χ1v) is 7.63. The molecule has 0 atom stereocenters. The van der Waals surface area contributed by atoms with E-state index in [1.165, 1.54) is 31.3 Å². The lowest BCUT2D eigenvalue weighted by molar-refractivity contribution is -0.00000271. The van der Waals surface area contributed by atoms with Crippen molar-refractivity contribution < 1.29 is 24.0 Å². The number of benzene rings is 1. The summed E-state index contributed by atoms with van der Waals surface area (Å²) in [6.07, 6.45) is 7.37. The highest BCUT2D eigenvalue weighted by Gasteiger charge is 2.40. The van der Waals surface area contributed by atoms with Crippen LogP contribution in [0.5, 0.6) is 0 Å². The quantitative estimate of drug-likeness (QED) is 0.538. The van der Waals surface area contributed by atoms with E-state index in [2.05, 4.69) is 37.3 Å². The van der Waals surface area contributed by atoms with Crippen molar-refractivity contribution >= 4 is 12.6 Å². The molecule has 0 spiro atoms. The summed E-state index contributed by atoms with van der Waals surface area (Å²) in [4.78, 5) is 0. The summed E-state index contributed by atoms with van der Waals surface area (Å²) in [7, 11) is -0.680. The summed E-state index contributed by atoms with van der Waals surface area (Å²) in [5.41, 5.74) is 0. The zero-order valence-corrected chi connectivity index (χ0v) is 11.8. The minimum atomic E-state index is -0.680. The van der Waals surface area contributed by atoms with E-state index in [1.807, 2.05) is 0 Å². The molecule has 2 rings (SSSR count). The number of halogens is 1. The van der Waals surface area contributed by atoms with Crippen LogP contribution in [0.2, 0.25) is 0 Å². The lowest BCUT2D eigenvalue weighted by Crippen LogP contribution is -3.00. The van der Waals surface area contributed by atoms with Gasteiger partial charge in [-0.15, -0.1) is 0 Å². The Labute approximate surface area is 105 Å². The predicted octanol–water partition coefficient (Wildman–Crippen LogP) is 0.147. The van der Waals surface area contributed by atoms with Gasteiger partial charge in [0.25, 0.3) is 0 Å². The summed E-state index contributed by atoms with van der Waals surface area (Å²) in [6, 6.07) is 11.2. The highest BCUT2D eigenvalue weighted by atomic mass is 127. The van der Waals surface area contributed by atoms with Crippen LogP contribution in [-0.2, 0) is 0 Å². The lowest BCUT2D eigenvalue weighted by atomic mass is 10.4. The largest absolute Gasteiger partial charge is 1.00 e. The first kappa shape index (κ1) is 12.4. The van der Waals surface area contributed by atoms with Gasteiger partial charge in [-0.3, -0.25) is 0 Å². The minimum absolute atomic E-state index is 0. The van der Waals surface area contributed by atoms with Crippen LogP contribution in [-0.4, -0.2) is 18.5 Å². The third-order valence-corrected chi connectivity index (χ3v) is 8.28. The minimum Gasteiger partial charge on any atom is -1.00 e. The molecular weight excluding hydrogens is 302 g/mol. The molecule has 1 aromatic carbocycles. The van der Waals surface area contributed by atoms with Crippen LogP contribution in [0.1, 0.15) is 19.8 Å². The number of hydrogen-bond acceptors (Lipinski definition) is 0. The third kappa shape index (κ3) is 2.30. The van der Waals surface area contributed by atoms with Crippen molar-refractivity contribution in [1.82, 2.24) is 0 Å². The first-order valence-electron chi connectivity index (χ1n) is 5.29. The summed E-state index contributed by atoms with van der Waals surface area (Å²) in [6.45, 7) is 2.38. The van der Waals surface area contributed by atoms with Crippen LogP contribution in [0.15, 0.2) is 30.3 Å². The summed E-state index contributed by atoms with van der Waals surface area (Å²) in [5.74, 6) is 0. The molecule has 0 saturated carbocycles. The molecule has 0 nitrogen and oxygen atoms in total. The molecular formula is C12H18IP. The fourth-order valence-corrected chi connectivity index (χ4v) is 6.64. The van der Waals surface area contributed by atoms with Crippen LogP contribution >= 0.6 is 7.26 Å². The molecule has 1 aliphatic rings. The Kier molecular flexibility index (Phi) is 4.86. The van der Waals surface area contributed by atoms with Crippen LogP contribution < -0.4 is 29.3 Å². The summed E-state index contributed by atoms with van der Waals surface area (Å²) < 4.78 is 0. The topological polar surface area (TPSA) is 0 Å². The molecule has 14 heavy (non-hydrogen) atoms. The molecule has 0 N–H and O–H groups in total. The van der Waals surface area contributed by atoms with Crippen molar-refractivity contribution in [2.75, 3.05) is 18.5 Å². The Hall–Kier alpha value is 0.380. The maximum absolute atomic E-state index is 2.38. The van der Waals surface area contributed by atoms with E-state index in [0.717, 1.165) is 0 Å². The van der Waals surface area contributed by atoms with Gasteiger partial charge < -0.3 is 24.0 Å². The second-order valence-corrected chi connectivity index (χ2v) is 8.28. The summed E-state index contributed by atoms with van der Waals surface area (Å²) in [5, 5.41) is 1.68. The molecule has 1 aliphatic heterocycles. The molecule has 0 unspecified atom stereocenters. The van der Waals surface area contributed by atoms with Crippen molar-refractivity contribution in [3.05, 3.63) is 30.3 Å². The fraction of sp³-hybridized carbons (Fsp3) is 0.500. The maximum atomic E-state index is 2.38. The van der Waals surface area contributed by atoms with E-state index in [-0.39, 0.29) is 24.0 Å². The van der Waals surface area contributed by atoms with Gasteiger partial charge in [-0.25, -0.2) is 0 Å². The first-order chi connectivity index (χ1) is 6.37. The predicted molar refractivity (Wildman–Crippen MR) is 62.5 cm³/mol. The van der Waals surface area contributed by atoms with E-state index in [9.17, 15) is 0 Å². The normalized spacial score (nSPS) is 18.9. The standard InChI is InChI=1S/C12H18P.HI/c1-2-13(10-6-7-11-13)12-8-4-3-5-9-12;/h3-5,8-9H,2,6-7,10-11H2,1H3;1H/q+1;/p-1. The van der Waals surface area contributed by atoms with Gasteiger partial charge in [-0.2, -0.15) is 0 Å². The van der Waals surface area contributed by atoms with Gasteiger partial charge in [0.1, 0.15) is 0 Å². The molecule has 0 aromatic heterocycles. The van der Waals surface area contributed by atoms with Gasteiger partial charge in [-0.05, 0) is 31.9 Å². The smallest absolute Gasteiger partial charge is 0.0939 e. The van der Waals surface area contributed by atoms with Gasteiger partial charge in [-0.1, -0.05) is 18.2 Å². The van der Waals surface area contributed by atoms with E-state index in [4.69, 9.17) is 0 Å². The molecule has 1 aromatic rings. The number of rotatable bonds is 2. The molecule has 78 valence electrons. The zero-order valence-electron chi connectivity index (χ0n) is 8.75. The van der Waals surface area contributed by atoms with E-state index < -0.39 is 7.26 Å². The molecule has 0 aliphatic carbocycles. The Morgan fingerprint density at radius 1 is 1.07 bits per heavy atom. The van der Waals surface area contributed by atoms with Crippen LogP contribution in [0.25, 0.3) is 0 Å². The fourth-order valence-electron chi connectivity index (χ4n) is 2.44. The van der Waals surface area contributed by atoms with Crippen LogP contribution in [0.4, 0.5) is 0 Å². The second-order valence-electron chi connectivity index (χ2n) is 3.95. The van der Waals surface area contributed by atoms with Crippen molar-refractivity contribution in [2.24, 2.45) is 0 Å². The lowest BCUT2D eigenvalue weighted by Gasteiger charge is -2.19. The van der Waals surface area contributed by atoms with Crippen LogP contribution in [0, 0.1) is 0 Å². The Morgan fingerprint density at radius 2 is 1.64 bits per heavy atom. The second kappa shape index (κ2) is 5.46. The SMILES string of the molecule is CC[P+]1(c2ccccc2)CCCC1.[I-]. The average molecular weight is 320 g/mol. The molecule has 1 fully saturated rings. The van der Waals surface area contributed by atoms with Crippen molar-refractivity contribution in [3.8, 4) is 0 Å². The third-order valence-electron chi connectivity index (χ3n) is 3.33. The Balaban J connectivity index is 0.000000980. The Bertz CT molecular complexity index is 265. The van der Waals surface area contributed by atoms with Crippen molar-refractivity contribution in [2.45, 2.75) is 19.8 Å². The molecule has 0 radical (unpaired) electrons. The van der Waals surface area contributed by atoms with E-state index >= 15 is 0 Å². The molecule has 2 heteroatoms. The zero-order chi connectivity index (χ0) is 9.15. The molecule has 0 bridgehead atoms. The maximum Gasteiger partial charge on any atom is 0.0939 e. The summed E-state index contributed by atoms with van der Waals surface area (Å²) >= 11 is 0. The van der Waals surface area contributed by atoms with Gasteiger partial charge in [0.05, 0.1) is 23.8 Å². The molecule has 1 saturated heterocycles. The average Bonchev–Trinajstić information content (AvgIpc) is 2.69. The Morgan fingerprint density at radius 3 is 2.14 bits per heavy atom. The van der Waals surface area contributed by atoms with Crippen molar-refractivity contribution in [1.29, 1.82) is 0 Å². The van der Waals surface area contributed by atoms with Gasteiger partial charge in [0, 0.05) is 7.26 Å². The highest BCUT2D eigenvalue weighted by molar-refractivity contribution is 7.83. The number of hydrogen-bond donors (Lipinski definition) is 0. The van der Waals surface area contributed by atoms with Crippen molar-refractivity contribution in [3.63, 3.8) is 0 Å². The van der Waals surface area contributed by atoms with Crippen LogP contribution in [0.3, 0.4) is 0 Å². The highest BCUT2D eigenvalue weighted by Crippen LogP contribution is 2.62.